The van der Waals surface area contributed by atoms with Crippen LogP contribution in [-0.4, -0.2) is 54.3 Å². The van der Waals surface area contributed by atoms with Gasteiger partial charge in [-0.05, 0) is 32.1 Å². The first-order valence-corrected chi connectivity index (χ1v) is 23.2. The molecular weight excluding hydrogens is 677 g/mol. The van der Waals surface area contributed by atoms with Gasteiger partial charge in [-0.15, -0.1) is 0 Å². The van der Waals surface area contributed by atoms with Crippen molar-refractivity contribution in [3.63, 3.8) is 0 Å². The van der Waals surface area contributed by atoms with Gasteiger partial charge in [0.2, 0.25) is 5.91 Å². The fraction of sp³-hybridized carbons (Fsp3) is 0.905. The number of allylic oxidation sites excluding steroid dienone is 2. The number of rotatable bonds is 41. The number of hydrogen-bond donors (Lipinski definition) is 3. The molecule has 0 saturated heterocycles. The highest BCUT2D eigenvalue weighted by Gasteiger charge is 2.23. The number of carbonyl (C=O) groups is 2. The van der Waals surface area contributed by atoms with E-state index in [0.29, 0.717) is 6.42 Å². The minimum atomic E-state index is -4.41. The number of amides is 1. The van der Waals surface area contributed by atoms with Crippen molar-refractivity contribution in [3.8, 4) is 0 Å². The van der Waals surface area contributed by atoms with Crippen molar-refractivity contribution < 1.29 is 37.9 Å². The van der Waals surface area contributed by atoms with E-state index in [1.54, 1.807) is 0 Å². The van der Waals surface area contributed by atoms with Gasteiger partial charge in [-0.25, -0.2) is 4.57 Å². The Morgan fingerprint density at radius 2 is 1.00 bits per heavy atom. The van der Waals surface area contributed by atoms with Crippen molar-refractivity contribution >= 4 is 19.7 Å². The van der Waals surface area contributed by atoms with Gasteiger partial charge in [0.1, 0.15) is 12.7 Å². The Balaban J connectivity index is 3.54. The Morgan fingerprint density at radius 3 is 1.50 bits per heavy atom. The molecule has 1 amide bonds. The van der Waals surface area contributed by atoms with Crippen molar-refractivity contribution in [2.75, 3.05) is 26.4 Å². The third-order valence-electron chi connectivity index (χ3n) is 9.45. The molecule has 0 rings (SSSR count). The van der Waals surface area contributed by atoms with E-state index in [0.717, 1.165) is 64.2 Å². The number of phosphoric acid groups is 1. The van der Waals surface area contributed by atoms with E-state index < -0.39 is 26.5 Å². The summed E-state index contributed by atoms with van der Waals surface area (Å²) < 4.78 is 26.8. The number of aliphatic hydroxyl groups excluding tert-OH is 1. The number of aliphatic hydroxyl groups is 1. The Labute approximate surface area is 319 Å². The number of hydrogen-bond acceptors (Lipinski definition) is 7. The van der Waals surface area contributed by atoms with Crippen LogP contribution in [0.4, 0.5) is 0 Å². The molecule has 0 spiro atoms. The topological polar surface area (TPSA) is 131 Å². The SMILES string of the molecule is CCCC/C=C\CCCCCCCC(=O)OCC(O)COP(=O)(O)OCCNC(=O)CCCCCCCCCCCCCCCCCCCCCC. The highest BCUT2D eigenvalue weighted by molar-refractivity contribution is 7.47. The Kier molecular flexibility index (Phi) is 38.5. The van der Waals surface area contributed by atoms with E-state index in [2.05, 4.69) is 31.3 Å². The quantitative estimate of drug-likeness (QED) is 0.0243. The van der Waals surface area contributed by atoms with Crippen LogP contribution in [0.15, 0.2) is 12.2 Å². The minimum absolute atomic E-state index is 0.0855. The third kappa shape index (κ3) is 39.9. The second kappa shape index (κ2) is 39.4. The van der Waals surface area contributed by atoms with Crippen molar-refractivity contribution in [2.24, 2.45) is 0 Å². The van der Waals surface area contributed by atoms with Crippen LogP contribution >= 0.6 is 7.82 Å². The summed E-state index contributed by atoms with van der Waals surface area (Å²) in [6, 6.07) is 0. The zero-order valence-corrected chi connectivity index (χ0v) is 34.7. The first-order valence-electron chi connectivity index (χ1n) is 21.7. The Bertz CT molecular complexity index is 871. The molecule has 2 atom stereocenters. The lowest BCUT2D eigenvalue weighted by molar-refractivity contribution is -0.147. The lowest BCUT2D eigenvalue weighted by Crippen LogP contribution is -2.27. The van der Waals surface area contributed by atoms with Gasteiger partial charge in [-0.2, -0.15) is 0 Å². The molecule has 0 bridgehead atoms. The highest BCUT2D eigenvalue weighted by Crippen LogP contribution is 2.42. The molecule has 10 heteroatoms. The zero-order chi connectivity index (χ0) is 38.2. The molecule has 0 aliphatic heterocycles. The first kappa shape index (κ1) is 50.8. The average Bonchev–Trinajstić information content (AvgIpc) is 3.13. The van der Waals surface area contributed by atoms with Crippen LogP contribution in [0.5, 0.6) is 0 Å². The normalized spacial score (nSPS) is 13.4. The van der Waals surface area contributed by atoms with Crippen LogP contribution in [0.25, 0.3) is 0 Å². The fourth-order valence-corrected chi connectivity index (χ4v) is 6.88. The number of esters is 1. The zero-order valence-electron chi connectivity index (χ0n) is 33.8. The maximum atomic E-state index is 12.1. The second-order valence-electron chi connectivity index (χ2n) is 14.7. The summed E-state index contributed by atoms with van der Waals surface area (Å²) in [7, 11) is -4.41. The highest BCUT2D eigenvalue weighted by atomic mass is 31.2. The average molecular weight is 760 g/mol. The van der Waals surface area contributed by atoms with Crippen LogP contribution in [0.1, 0.15) is 213 Å². The monoisotopic (exact) mass is 760 g/mol. The van der Waals surface area contributed by atoms with Crippen molar-refractivity contribution in [1.82, 2.24) is 5.32 Å². The molecule has 0 heterocycles. The molecular formula is C42H82NO8P. The summed E-state index contributed by atoms with van der Waals surface area (Å²) in [6.45, 7) is 3.53. The van der Waals surface area contributed by atoms with Crippen LogP contribution in [0.2, 0.25) is 0 Å². The van der Waals surface area contributed by atoms with Crippen LogP contribution in [-0.2, 0) is 27.9 Å². The van der Waals surface area contributed by atoms with E-state index in [1.165, 1.54) is 122 Å². The summed E-state index contributed by atoms with van der Waals surface area (Å²) in [6.07, 6.45) is 40.1. The van der Waals surface area contributed by atoms with Gasteiger partial charge < -0.3 is 20.1 Å². The molecule has 0 aromatic carbocycles. The molecule has 9 nitrogen and oxygen atoms in total. The summed E-state index contributed by atoms with van der Waals surface area (Å²) >= 11 is 0. The largest absolute Gasteiger partial charge is 0.472 e. The van der Waals surface area contributed by atoms with Crippen molar-refractivity contribution in [3.05, 3.63) is 12.2 Å². The molecule has 0 aromatic rings. The van der Waals surface area contributed by atoms with Crippen LogP contribution < -0.4 is 5.32 Å². The Morgan fingerprint density at radius 1 is 0.577 bits per heavy atom. The van der Waals surface area contributed by atoms with Crippen LogP contribution in [0, 0.1) is 0 Å². The van der Waals surface area contributed by atoms with E-state index in [-0.39, 0.29) is 32.1 Å². The van der Waals surface area contributed by atoms with Crippen molar-refractivity contribution in [1.29, 1.82) is 0 Å². The molecule has 3 N–H and O–H groups in total. The molecule has 0 aliphatic rings. The van der Waals surface area contributed by atoms with Gasteiger partial charge in [0.15, 0.2) is 0 Å². The number of phosphoric ester groups is 1. The van der Waals surface area contributed by atoms with E-state index in [1.807, 2.05) is 0 Å². The lowest BCUT2D eigenvalue weighted by atomic mass is 10.0. The third-order valence-corrected chi connectivity index (χ3v) is 10.4. The molecule has 2 unspecified atom stereocenters. The maximum Gasteiger partial charge on any atom is 0.472 e. The Hall–Kier alpha value is -1.25. The second-order valence-corrected chi connectivity index (χ2v) is 16.1. The molecule has 0 saturated carbocycles. The number of nitrogens with one attached hydrogen (secondary N) is 1. The lowest BCUT2D eigenvalue weighted by Gasteiger charge is -2.15. The first-order chi connectivity index (χ1) is 25.3. The predicted octanol–water partition coefficient (Wildman–Crippen LogP) is 11.8. The summed E-state index contributed by atoms with van der Waals surface area (Å²) in [5.41, 5.74) is 0. The van der Waals surface area contributed by atoms with Crippen LogP contribution in [0.3, 0.4) is 0 Å². The number of ether oxygens (including phenoxy) is 1. The summed E-state index contributed by atoms with van der Waals surface area (Å²) in [5, 5.41) is 12.7. The maximum absolute atomic E-state index is 12.1. The molecule has 0 fully saturated rings. The van der Waals surface area contributed by atoms with E-state index in [9.17, 15) is 24.2 Å². The number of unbranched alkanes of at least 4 members (excludes halogenated alkanes) is 26. The summed E-state index contributed by atoms with van der Waals surface area (Å²) in [4.78, 5) is 33.8. The van der Waals surface area contributed by atoms with Gasteiger partial charge in [0, 0.05) is 19.4 Å². The predicted molar refractivity (Wildman–Crippen MR) is 215 cm³/mol. The smallest absolute Gasteiger partial charge is 0.463 e. The molecule has 0 aliphatic carbocycles. The standard InChI is InChI=1S/C42H82NO8P/c1-3-5-7-9-11-13-15-16-17-18-19-20-21-22-23-25-26-28-30-32-34-41(45)43-36-37-50-52(47,48)51-39-40(44)38-49-42(46)35-33-31-29-27-24-14-12-10-8-6-4-2/h10,12,40,44H,3-9,11,13-39H2,1-2H3,(H,43,45)(H,47,48)/b12-10-. The fourth-order valence-electron chi connectivity index (χ4n) is 6.13. The number of carbonyl (C=O) groups excluding carboxylic acids is 2. The van der Waals surface area contributed by atoms with Crippen molar-refractivity contribution in [2.45, 2.75) is 219 Å². The van der Waals surface area contributed by atoms with Gasteiger partial charge in [0.05, 0.1) is 13.2 Å². The van der Waals surface area contributed by atoms with Gasteiger partial charge >= 0.3 is 13.8 Å². The molecule has 0 aromatic heterocycles. The van der Waals surface area contributed by atoms with Gasteiger partial charge in [-0.3, -0.25) is 18.6 Å². The molecule has 52 heavy (non-hydrogen) atoms. The van der Waals surface area contributed by atoms with E-state index >= 15 is 0 Å². The van der Waals surface area contributed by atoms with Gasteiger partial charge in [0.25, 0.3) is 0 Å². The minimum Gasteiger partial charge on any atom is -0.463 e. The summed E-state index contributed by atoms with van der Waals surface area (Å²) in [5.74, 6) is -0.519. The van der Waals surface area contributed by atoms with Gasteiger partial charge in [-0.1, -0.05) is 180 Å². The molecule has 308 valence electrons. The van der Waals surface area contributed by atoms with E-state index in [4.69, 9.17) is 13.8 Å². The molecule has 0 radical (unpaired) electrons.